The molecule has 1 aromatic heterocycles. The zero-order chi connectivity index (χ0) is 19.7. The summed E-state index contributed by atoms with van der Waals surface area (Å²) in [7, 11) is 1.59. The standard InChI is InChI=1S/C19H20F2N4O3/c1-25-17-11(10-22-19(24-17)23-13-4-6-27-7-5-13)8-16(18(25)26)28-15-3-2-12(20)9-14(15)21/h2-3,9-10,13,16H,4-8H2,1H3,(H,22,23,24). The Bertz CT molecular complexity index is 889. The van der Waals surface area contributed by atoms with E-state index in [9.17, 15) is 13.6 Å². The molecule has 4 rings (SSSR count). The number of likely N-dealkylation sites (N-methyl/N-ethyl adjacent to an activating group) is 1. The van der Waals surface area contributed by atoms with Crippen LogP contribution in [0.3, 0.4) is 0 Å². The van der Waals surface area contributed by atoms with Gasteiger partial charge in [0.15, 0.2) is 17.7 Å². The molecule has 0 bridgehead atoms. The van der Waals surface area contributed by atoms with Gasteiger partial charge in [0, 0.05) is 50.6 Å². The van der Waals surface area contributed by atoms with Gasteiger partial charge in [0.1, 0.15) is 11.6 Å². The maximum Gasteiger partial charge on any atom is 0.269 e. The summed E-state index contributed by atoms with van der Waals surface area (Å²) in [6, 6.07) is 3.21. The summed E-state index contributed by atoms with van der Waals surface area (Å²) in [6.45, 7) is 1.39. The molecular weight excluding hydrogens is 370 g/mol. The number of aromatic nitrogens is 2. The van der Waals surface area contributed by atoms with Crippen molar-refractivity contribution >= 4 is 17.7 Å². The Morgan fingerprint density at radius 3 is 2.82 bits per heavy atom. The van der Waals surface area contributed by atoms with Gasteiger partial charge in [-0.3, -0.25) is 9.69 Å². The average Bonchev–Trinajstić information content (AvgIpc) is 2.69. The molecule has 0 spiro atoms. The van der Waals surface area contributed by atoms with Crippen LogP contribution in [0.25, 0.3) is 0 Å². The fraction of sp³-hybridized carbons (Fsp3) is 0.421. The first kappa shape index (κ1) is 18.5. The normalized spacial score (nSPS) is 20.0. The molecular formula is C19H20F2N4O3. The van der Waals surface area contributed by atoms with Gasteiger partial charge in [-0.2, -0.15) is 4.98 Å². The lowest BCUT2D eigenvalue weighted by molar-refractivity contribution is -0.125. The first-order chi connectivity index (χ1) is 13.5. The van der Waals surface area contributed by atoms with Crippen molar-refractivity contribution in [3.63, 3.8) is 0 Å². The molecule has 3 heterocycles. The summed E-state index contributed by atoms with van der Waals surface area (Å²) in [5.74, 6) is -1.14. The number of nitrogens with zero attached hydrogens (tertiary/aromatic N) is 3. The van der Waals surface area contributed by atoms with Gasteiger partial charge in [0.05, 0.1) is 0 Å². The van der Waals surface area contributed by atoms with Gasteiger partial charge in [0.25, 0.3) is 5.91 Å². The number of rotatable bonds is 4. The number of halogens is 2. The van der Waals surface area contributed by atoms with E-state index in [1.54, 1.807) is 13.2 Å². The van der Waals surface area contributed by atoms with E-state index in [1.165, 1.54) is 11.0 Å². The number of nitrogens with one attached hydrogen (secondary N) is 1. The monoisotopic (exact) mass is 390 g/mol. The molecule has 1 amide bonds. The number of hydrogen-bond donors (Lipinski definition) is 1. The van der Waals surface area contributed by atoms with Gasteiger partial charge in [-0.05, 0) is 25.0 Å². The van der Waals surface area contributed by atoms with Crippen LogP contribution in [0, 0.1) is 11.6 Å². The molecule has 1 saturated heterocycles. The van der Waals surface area contributed by atoms with E-state index in [0.29, 0.717) is 30.5 Å². The zero-order valence-electron chi connectivity index (χ0n) is 15.3. The first-order valence-corrected chi connectivity index (χ1v) is 9.11. The zero-order valence-corrected chi connectivity index (χ0v) is 15.3. The molecule has 2 aromatic rings. The molecule has 28 heavy (non-hydrogen) atoms. The number of ether oxygens (including phenoxy) is 2. The third kappa shape index (κ3) is 3.75. The largest absolute Gasteiger partial charge is 0.477 e. The molecule has 2 aliphatic rings. The Morgan fingerprint density at radius 1 is 1.29 bits per heavy atom. The SMILES string of the molecule is CN1C(=O)C(Oc2ccc(F)cc2F)Cc2cnc(NC3CCOCC3)nc21. The second-order valence-electron chi connectivity index (χ2n) is 6.86. The minimum Gasteiger partial charge on any atom is -0.477 e. The summed E-state index contributed by atoms with van der Waals surface area (Å²) in [4.78, 5) is 22.9. The quantitative estimate of drug-likeness (QED) is 0.864. The minimum atomic E-state index is -0.935. The fourth-order valence-electron chi connectivity index (χ4n) is 3.35. The van der Waals surface area contributed by atoms with E-state index < -0.39 is 17.7 Å². The van der Waals surface area contributed by atoms with Gasteiger partial charge in [-0.15, -0.1) is 0 Å². The molecule has 2 aliphatic heterocycles. The topological polar surface area (TPSA) is 76.6 Å². The van der Waals surface area contributed by atoms with Crippen LogP contribution in [0.2, 0.25) is 0 Å². The minimum absolute atomic E-state index is 0.171. The number of hydrogen-bond acceptors (Lipinski definition) is 6. The van der Waals surface area contributed by atoms with Crippen LogP contribution in [-0.2, 0) is 16.0 Å². The summed E-state index contributed by atoms with van der Waals surface area (Å²) in [5.41, 5.74) is 0.715. The predicted octanol–water partition coefficient (Wildman–Crippen LogP) is 2.31. The third-order valence-corrected chi connectivity index (χ3v) is 4.89. The number of benzene rings is 1. The van der Waals surface area contributed by atoms with Gasteiger partial charge in [0.2, 0.25) is 5.95 Å². The van der Waals surface area contributed by atoms with Crippen molar-refractivity contribution in [2.75, 3.05) is 30.5 Å². The highest BCUT2D eigenvalue weighted by Crippen LogP contribution is 2.29. The lowest BCUT2D eigenvalue weighted by Gasteiger charge is -2.31. The lowest BCUT2D eigenvalue weighted by atomic mass is 10.0. The second kappa shape index (κ2) is 7.67. The maximum atomic E-state index is 13.9. The Balaban J connectivity index is 1.51. The molecule has 1 unspecified atom stereocenters. The van der Waals surface area contributed by atoms with Crippen molar-refractivity contribution in [2.45, 2.75) is 31.4 Å². The Morgan fingerprint density at radius 2 is 2.07 bits per heavy atom. The number of amides is 1. The van der Waals surface area contributed by atoms with E-state index in [-0.39, 0.29) is 24.1 Å². The molecule has 1 fully saturated rings. The highest BCUT2D eigenvalue weighted by atomic mass is 19.1. The number of fused-ring (bicyclic) bond motifs is 1. The van der Waals surface area contributed by atoms with E-state index >= 15 is 0 Å². The second-order valence-corrected chi connectivity index (χ2v) is 6.86. The third-order valence-electron chi connectivity index (χ3n) is 4.89. The van der Waals surface area contributed by atoms with E-state index in [1.807, 2.05) is 0 Å². The van der Waals surface area contributed by atoms with Crippen LogP contribution in [0.4, 0.5) is 20.5 Å². The van der Waals surface area contributed by atoms with Crippen LogP contribution in [0.15, 0.2) is 24.4 Å². The molecule has 1 atom stereocenters. The summed E-state index contributed by atoms with van der Waals surface area (Å²) >= 11 is 0. The molecule has 1 N–H and O–H groups in total. The highest BCUT2D eigenvalue weighted by Gasteiger charge is 2.34. The van der Waals surface area contributed by atoms with Crippen molar-refractivity contribution in [1.29, 1.82) is 0 Å². The fourth-order valence-corrected chi connectivity index (χ4v) is 3.35. The summed E-state index contributed by atoms with van der Waals surface area (Å²) in [5, 5.41) is 3.27. The van der Waals surface area contributed by atoms with Crippen molar-refractivity contribution in [2.24, 2.45) is 0 Å². The van der Waals surface area contributed by atoms with E-state index in [0.717, 1.165) is 25.0 Å². The maximum absolute atomic E-state index is 13.9. The summed E-state index contributed by atoms with van der Waals surface area (Å²) < 4.78 is 37.8. The van der Waals surface area contributed by atoms with Gasteiger partial charge in [-0.1, -0.05) is 0 Å². The molecule has 148 valence electrons. The van der Waals surface area contributed by atoms with Crippen LogP contribution < -0.4 is 15.0 Å². The molecule has 1 aromatic carbocycles. The Labute approximate surface area is 160 Å². The number of anilines is 2. The van der Waals surface area contributed by atoms with Crippen LogP contribution in [0.1, 0.15) is 18.4 Å². The first-order valence-electron chi connectivity index (χ1n) is 9.11. The van der Waals surface area contributed by atoms with Crippen molar-refractivity contribution in [3.05, 3.63) is 41.6 Å². The lowest BCUT2D eigenvalue weighted by Crippen LogP contribution is -2.46. The summed E-state index contributed by atoms with van der Waals surface area (Å²) in [6.07, 6.45) is 2.65. The van der Waals surface area contributed by atoms with Crippen LogP contribution in [0.5, 0.6) is 5.75 Å². The van der Waals surface area contributed by atoms with Crippen LogP contribution in [-0.4, -0.2) is 48.3 Å². The smallest absolute Gasteiger partial charge is 0.269 e. The highest BCUT2D eigenvalue weighted by molar-refractivity contribution is 5.98. The molecule has 7 nitrogen and oxygen atoms in total. The molecule has 9 heteroatoms. The van der Waals surface area contributed by atoms with Gasteiger partial charge < -0.3 is 14.8 Å². The Hall–Kier alpha value is -2.81. The van der Waals surface area contributed by atoms with E-state index in [2.05, 4.69) is 15.3 Å². The molecule has 0 radical (unpaired) electrons. The number of carbonyl (C=O) groups excluding carboxylic acids is 1. The van der Waals surface area contributed by atoms with Crippen molar-refractivity contribution < 1.29 is 23.0 Å². The van der Waals surface area contributed by atoms with Crippen LogP contribution >= 0.6 is 0 Å². The van der Waals surface area contributed by atoms with Crippen molar-refractivity contribution in [3.8, 4) is 5.75 Å². The van der Waals surface area contributed by atoms with E-state index in [4.69, 9.17) is 9.47 Å². The molecule has 0 saturated carbocycles. The predicted molar refractivity (Wildman–Crippen MR) is 97.4 cm³/mol. The average molecular weight is 390 g/mol. The molecule has 0 aliphatic carbocycles. The Kier molecular flexibility index (Phi) is 5.08. The van der Waals surface area contributed by atoms with Gasteiger partial charge >= 0.3 is 0 Å². The van der Waals surface area contributed by atoms with Crippen molar-refractivity contribution in [1.82, 2.24) is 9.97 Å². The van der Waals surface area contributed by atoms with Gasteiger partial charge in [-0.25, -0.2) is 13.8 Å². The number of carbonyl (C=O) groups is 1.